The Labute approximate surface area is 137 Å². The van der Waals surface area contributed by atoms with Gasteiger partial charge in [-0.05, 0) is 42.7 Å². The Hall–Kier alpha value is -2.12. The van der Waals surface area contributed by atoms with Gasteiger partial charge < -0.3 is 0 Å². The minimum Gasteiger partial charge on any atom is -0.135 e. The minimum absolute atomic E-state index is 1.08. The summed E-state index contributed by atoms with van der Waals surface area (Å²) in [6.07, 6.45) is 10.3. The lowest BCUT2D eigenvalue weighted by Crippen LogP contribution is -2.21. The van der Waals surface area contributed by atoms with Crippen molar-refractivity contribution in [2.45, 2.75) is 20.8 Å². The smallest absolute Gasteiger partial charge is 0.0427 e. The van der Waals surface area contributed by atoms with Crippen LogP contribution in [0, 0.1) is 6.92 Å². The van der Waals surface area contributed by atoms with Gasteiger partial charge in [0.15, 0.2) is 0 Å². The topological polar surface area (TPSA) is 0 Å². The molecule has 2 aromatic rings. The van der Waals surface area contributed by atoms with E-state index in [1.165, 1.54) is 31.7 Å². The van der Waals surface area contributed by atoms with Gasteiger partial charge >= 0.3 is 0 Å². The Kier molecular flexibility index (Phi) is 5.35. The second-order valence-electron chi connectivity index (χ2n) is 5.17. The standard InChI is InChI=1S/C21H22S/c1-6-9-18-16(5)21(22-20(18)8-3)19(10-7-2)17-13-11-15(4)12-14-17/h6-14H,3,5H2,1-2,4H3/b9-6-,10-7-,21-19-. The minimum atomic E-state index is 1.08. The highest BCUT2D eigenvalue weighted by Gasteiger charge is 2.07. The molecule has 22 heavy (non-hydrogen) atoms. The van der Waals surface area contributed by atoms with E-state index in [1.54, 1.807) is 11.3 Å². The van der Waals surface area contributed by atoms with Crippen molar-refractivity contribution in [3.63, 3.8) is 0 Å². The van der Waals surface area contributed by atoms with E-state index in [1.807, 2.05) is 19.9 Å². The maximum Gasteiger partial charge on any atom is 0.0427 e. The lowest BCUT2D eigenvalue weighted by Gasteiger charge is -2.02. The molecule has 1 aromatic heterocycles. The largest absolute Gasteiger partial charge is 0.135 e. The zero-order chi connectivity index (χ0) is 16.1. The van der Waals surface area contributed by atoms with Crippen molar-refractivity contribution in [3.05, 3.63) is 80.4 Å². The Bertz CT molecular complexity index is 827. The molecular weight excluding hydrogens is 284 g/mol. The van der Waals surface area contributed by atoms with Crippen molar-refractivity contribution < 1.29 is 0 Å². The van der Waals surface area contributed by atoms with Crippen LogP contribution in [0.5, 0.6) is 0 Å². The molecule has 0 spiro atoms. The van der Waals surface area contributed by atoms with Crippen molar-refractivity contribution in [1.29, 1.82) is 0 Å². The molecule has 0 N–H and O–H groups in total. The molecular formula is C21H22S. The molecule has 112 valence electrons. The quantitative estimate of drug-likeness (QED) is 0.752. The van der Waals surface area contributed by atoms with Crippen LogP contribution < -0.4 is 9.75 Å². The highest BCUT2D eigenvalue weighted by Crippen LogP contribution is 2.17. The van der Waals surface area contributed by atoms with Crippen LogP contribution in [-0.4, -0.2) is 0 Å². The Morgan fingerprint density at radius 1 is 1.09 bits per heavy atom. The van der Waals surface area contributed by atoms with Crippen LogP contribution in [0.25, 0.3) is 24.3 Å². The van der Waals surface area contributed by atoms with Crippen molar-refractivity contribution in [2.75, 3.05) is 0 Å². The molecule has 0 saturated heterocycles. The first kappa shape index (κ1) is 16.3. The molecule has 0 nitrogen and oxygen atoms in total. The number of thiophene rings is 1. The van der Waals surface area contributed by atoms with Gasteiger partial charge in [0.25, 0.3) is 0 Å². The van der Waals surface area contributed by atoms with Gasteiger partial charge in [-0.25, -0.2) is 0 Å². The molecule has 0 aliphatic heterocycles. The molecule has 0 bridgehead atoms. The van der Waals surface area contributed by atoms with E-state index in [0.29, 0.717) is 0 Å². The number of allylic oxidation sites excluding steroid dienone is 3. The zero-order valence-corrected chi connectivity index (χ0v) is 14.3. The van der Waals surface area contributed by atoms with Gasteiger partial charge in [-0.2, -0.15) is 0 Å². The van der Waals surface area contributed by atoms with Crippen LogP contribution >= 0.6 is 11.3 Å². The van der Waals surface area contributed by atoms with Crippen LogP contribution in [0.4, 0.5) is 0 Å². The number of aryl methyl sites for hydroxylation is 1. The van der Waals surface area contributed by atoms with E-state index >= 15 is 0 Å². The molecule has 0 amide bonds. The van der Waals surface area contributed by atoms with Gasteiger partial charge in [-0.3, -0.25) is 0 Å². The molecule has 0 fully saturated rings. The molecule has 2 rings (SSSR count). The summed E-state index contributed by atoms with van der Waals surface area (Å²) < 4.78 is 1.21. The number of rotatable bonds is 4. The van der Waals surface area contributed by atoms with E-state index in [9.17, 15) is 0 Å². The lowest BCUT2D eigenvalue weighted by molar-refractivity contribution is 1.45. The second-order valence-corrected chi connectivity index (χ2v) is 6.22. The van der Waals surface area contributed by atoms with Gasteiger partial charge in [0, 0.05) is 9.41 Å². The molecule has 0 saturated carbocycles. The van der Waals surface area contributed by atoms with Crippen molar-refractivity contribution in [1.82, 2.24) is 0 Å². The van der Waals surface area contributed by atoms with E-state index in [4.69, 9.17) is 0 Å². The number of benzene rings is 1. The summed E-state index contributed by atoms with van der Waals surface area (Å²) in [4.78, 5) is 1.17. The lowest BCUT2D eigenvalue weighted by atomic mass is 10.0. The second kappa shape index (κ2) is 7.24. The van der Waals surface area contributed by atoms with Gasteiger partial charge in [0.1, 0.15) is 0 Å². The molecule has 1 heteroatoms. The molecule has 0 aliphatic rings. The third-order valence-corrected chi connectivity index (χ3v) is 4.81. The summed E-state index contributed by atoms with van der Waals surface area (Å²) in [5.74, 6) is 0. The Morgan fingerprint density at radius 3 is 2.32 bits per heavy atom. The fourth-order valence-corrected chi connectivity index (χ4v) is 3.55. The summed E-state index contributed by atoms with van der Waals surface area (Å²) in [5.41, 5.74) is 4.88. The normalized spacial score (nSPS) is 13.0. The molecule has 1 heterocycles. The number of hydrogen-bond donors (Lipinski definition) is 0. The van der Waals surface area contributed by atoms with Crippen molar-refractivity contribution in [3.8, 4) is 0 Å². The summed E-state index contributed by atoms with van der Waals surface area (Å²) >= 11 is 1.75. The first-order valence-electron chi connectivity index (χ1n) is 7.43. The average Bonchev–Trinajstić information content (AvgIpc) is 2.83. The highest BCUT2D eigenvalue weighted by molar-refractivity contribution is 7.11. The summed E-state index contributed by atoms with van der Waals surface area (Å²) in [6, 6.07) is 8.65. The van der Waals surface area contributed by atoms with Crippen LogP contribution in [0.1, 0.15) is 35.4 Å². The summed E-state index contributed by atoms with van der Waals surface area (Å²) in [5, 5.41) is 1.08. The van der Waals surface area contributed by atoms with Crippen LogP contribution in [0.3, 0.4) is 0 Å². The van der Waals surface area contributed by atoms with Crippen LogP contribution in [-0.2, 0) is 0 Å². The first-order chi connectivity index (χ1) is 10.6. The van der Waals surface area contributed by atoms with E-state index in [2.05, 4.69) is 68.7 Å². The van der Waals surface area contributed by atoms with Crippen LogP contribution in [0.2, 0.25) is 0 Å². The van der Waals surface area contributed by atoms with E-state index in [-0.39, 0.29) is 0 Å². The SMILES string of the molecule is C=Cc1s/c(=C(/C=C\C)c2ccc(C)cc2)c(=C)c1/C=C\C. The predicted molar refractivity (Wildman–Crippen MR) is 102 cm³/mol. The van der Waals surface area contributed by atoms with Gasteiger partial charge in [0.05, 0.1) is 0 Å². The summed E-state index contributed by atoms with van der Waals surface area (Å²) in [6.45, 7) is 14.4. The van der Waals surface area contributed by atoms with Crippen LogP contribution in [0.15, 0.2) is 49.1 Å². The van der Waals surface area contributed by atoms with Crippen molar-refractivity contribution >= 4 is 35.6 Å². The molecule has 0 unspecified atom stereocenters. The van der Waals surface area contributed by atoms with Gasteiger partial charge in [-0.15, -0.1) is 11.3 Å². The Balaban J connectivity index is 2.85. The average molecular weight is 306 g/mol. The number of hydrogen-bond acceptors (Lipinski definition) is 1. The highest BCUT2D eigenvalue weighted by atomic mass is 32.1. The zero-order valence-electron chi connectivity index (χ0n) is 13.5. The maximum absolute atomic E-state index is 4.31. The third-order valence-electron chi connectivity index (χ3n) is 3.54. The van der Waals surface area contributed by atoms with E-state index in [0.717, 1.165) is 5.22 Å². The van der Waals surface area contributed by atoms with Gasteiger partial charge in [0.2, 0.25) is 0 Å². The monoisotopic (exact) mass is 306 g/mol. The summed E-state index contributed by atoms with van der Waals surface area (Å²) in [7, 11) is 0. The first-order valence-corrected chi connectivity index (χ1v) is 8.25. The molecule has 0 radical (unpaired) electrons. The maximum atomic E-state index is 4.31. The van der Waals surface area contributed by atoms with Crippen molar-refractivity contribution in [2.24, 2.45) is 0 Å². The molecule has 1 aromatic carbocycles. The van der Waals surface area contributed by atoms with Gasteiger partial charge in [-0.1, -0.05) is 73.4 Å². The fraction of sp³-hybridized carbons (Fsp3) is 0.143. The fourth-order valence-electron chi connectivity index (χ4n) is 2.42. The third kappa shape index (κ3) is 3.20. The molecule has 0 aliphatic carbocycles. The predicted octanol–water partition coefficient (Wildman–Crippen LogP) is 4.92. The van der Waals surface area contributed by atoms with E-state index < -0.39 is 0 Å². The molecule has 0 atom stereocenters. The Morgan fingerprint density at radius 2 is 1.77 bits per heavy atom.